The highest BCUT2D eigenvalue weighted by molar-refractivity contribution is 7.13. The average Bonchev–Trinajstić information content (AvgIpc) is 2.86. The van der Waals surface area contributed by atoms with Gasteiger partial charge < -0.3 is 10.3 Å². The Morgan fingerprint density at radius 2 is 2.38 bits per heavy atom. The predicted octanol–water partition coefficient (Wildman–Crippen LogP) is 2.78. The molecule has 1 aliphatic carbocycles. The zero-order chi connectivity index (χ0) is 11.0. The predicted molar refractivity (Wildman–Crippen MR) is 64.4 cm³/mol. The molecule has 16 heavy (non-hydrogen) atoms. The molecule has 0 saturated heterocycles. The van der Waals surface area contributed by atoms with E-state index in [4.69, 9.17) is 10.3 Å². The Balaban J connectivity index is 1.93. The fourth-order valence-corrected chi connectivity index (χ4v) is 2.90. The normalized spacial score (nSPS) is 18.3. The van der Waals surface area contributed by atoms with Gasteiger partial charge in [-0.2, -0.15) is 0 Å². The topological polar surface area (TPSA) is 52.0 Å². The summed E-state index contributed by atoms with van der Waals surface area (Å²) in [6.45, 7) is 0.670. The molecule has 2 aromatic rings. The van der Waals surface area contributed by atoms with Gasteiger partial charge in [0.25, 0.3) is 0 Å². The molecule has 2 aromatic heterocycles. The van der Waals surface area contributed by atoms with E-state index in [1.54, 1.807) is 11.3 Å². The maximum atomic E-state index is 5.85. The van der Waals surface area contributed by atoms with Gasteiger partial charge in [-0.3, -0.25) is 0 Å². The van der Waals surface area contributed by atoms with Gasteiger partial charge in [0.1, 0.15) is 0 Å². The second-order valence-electron chi connectivity index (χ2n) is 4.39. The van der Waals surface area contributed by atoms with Crippen molar-refractivity contribution in [1.29, 1.82) is 0 Å². The van der Waals surface area contributed by atoms with E-state index >= 15 is 0 Å². The standard InChI is InChI=1S/C12H14N2OS/c13-8-12(4-2-5-12)11-7-9(15-14-11)10-3-1-6-16-10/h1,3,6-7H,2,4-5,8,13H2. The molecule has 1 fully saturated rings. The van der Waals surface area contributed by atoms with Gasteiger partial charge in [-0.15, -0.1) is 11.3 Å². The number of nitrogens with zero attached hydrogens (tertiary/aromatic N) is 1. The van der Waals surface area contributed by atoms with Crippen LogP contribution in [0.25, 0.3) is 10.6 Å². The van der Waals surface area contributed by atoms with E-state index in [0.717, 1.165) is 29.2 Å². The molecular formula is C12H14N2OS. The van der Waals surface area contributed by atoms with E-state index in [1.807, 2.05) is 17.5 Å². The lowest BCUT2D eigenvalue weighted by Crippen LogP contribution is -2.41. The van der Waals surface area contributed by atoms with Gasteiger partial charge in [0.15, 0.2) is 5.76 Å². The summed E-state index contributed by atoms with van der Waals surface area (Å²) in [7, 11) is 0. The molecule has 0 aromatic carbocycles. The molecule has 0 bridgehead atoms. The van der Waals surface area contributed by atoms with Crippen LogP contribution >= 0.6 is 11.3 Å². The van der Waals surface area contributed by atoms with Crippen LogP contribution in [0.4, 0.5) is 0 Å². The molecule has 0 atom stereocenters. The third kappa shape index (κ3) is 1.41. The summed E-state index contributed by atoms with van der Waals surface area (Å²) in [5.74, 6) is 0.865. The average molecular weight is 234 g/mol. The zero-order valence-electron chi connectivity index (χ0n) is 8.98. The molecule has 0 amide bonds. The van der Waals surface area contributed by atoms with E-state index in [2.05, 4.69) is 11.2 Å². The summed E-state index contributed by atoms with van der Waals surface area (Å²) in [6, 6.07) is 6.12. The fraction of sp³-hybridized carbons (Fsp3) is 0.417. The van der Waals surface area contributed by atoms with E-state index in [9.17, 15) is 0 Å². The van der Waals surface area contributed by atoms with E-state index < -0.39 is 0 Å². The summed E-state index contributed by atoms with van der Waals surface area (Å²) in [6.07, 6.45) is 3.53. The molecule has 4 heteroatoms. The van der Waals surface area contributed by atoms with Crippen molar-refractivity contribution in [1.82, 2.24) is 5.16 Å². The lowest BCUT2D eigenvalue weighted by molar-refractivity contribution is 0.234. The molecule has 3 rings (SSSR count). The molecule has 0 radical (unpaired) electrons. The summed E-state index contributed by atoms with van der Waals surface area (Å²) < 4.78 is 5.40. The monoisotopic (exact) mass is 234 g/mol. The third-order valence-electron chi connectivity index (χ3n) is 3.52. The van der Waals surface area contributed by atoms with Gasteiger partial charge in [-0.1, -0.05) is 17.6 Å². The Morgan fingerprint density at radius 3 is 2.94 bits per heavy atom. The van der Waals surface area contributed by atoms with Crippen LogP contribution in [-0.4, -0.2) is 11.7 Å². The number of hydrogen-bond donors (Lipinski definition) is 1. The first kappa shape index (κ1) is 10.1. The fourth-order valence-electron chi connectivity index (χ4n) is 2.23. The van der Waals surface area contributed by atoms with Crippen LogP contribution < -0.4 is 5.73 Å². The first-order valence-corrected chi connectivity index (χ1v) is 6.43. The van der Waals surface area contributed by atoms with Crippen LogP contribution in [0.2, 0.25) is 0 Å². The highest BCUT2D eigenvalue weighted by Gasteiger charge is 2.40. The highest BCUT2D eigenvalue weighted by Crippen LogP contribution is 2.43. The molecule has 2 N–H and O–H groups in total. The Bertz CT molecular complexity index is 465. The minimum absolute atomic E-state index is 0.0962. The molecule has 3 nitrogen and oxygen atoms in total. The number of thiophene rings is 1. The molecule has 1 aliphatic rings. The molecule has 1 saturated carbocycles. The van der Waals surface area contributed by atoms with Gasteiger partial charge in [0.05, 0.1) is 10.6 Å². The third-order valence-corrected chi connectivity index (χ3v) is 4.40. The van der Waals surface area contributed by atoms with Crippen LogP contribution in [-0.2, 0) is 5.41 Å². The Morgan fingerprint density at radius 1 is 1.50 bits per heavy atom. The van der Waals surface area contributed by atoms with Crippen LogP contribution in [0.5, 0.6) is 0 Å². The van der Waals surface area contributed by atoms with Gasteiger partial charge in [-0.05, 0) is 24.3 Å². The minimum Gasteiger partial charge on any atom is -0.355 e. The van der Waals surface area contributed by atoms with E-state index in [1.165, 1.54) is 6.42 Å². The lowest BCUT2D eigenvalue weighted by Gasteiger charge is -2.38. The molecule has 0 spiro atoms. The van der Waals surface area contributed by atoms with Crippen molar-refractivity contribution < 1.29 is 4.52 Å². The van der Waals surface area contributed by atoms with Crippen molar-refractivity contribution in [2.75, 3.05) is 6.54 Å². The quantitative estimate of drug-likeness (QED) is 0.888. The first-order valence-electron chi connectivity index (χ1n) is 5.55. The number of rotatable bonds is 3. The van der Waals surface area contributed by atoms with Gasteiger partial charge >= 0.3 is 0 Å². The maximum absolute atomic E-state index is 5.85. The molecule has 2 heterocycles. The molecule has 0 unspecified atom stereocenters. The smallest absolute Gasteiger partial charge is 0.177 e. The minimum atomic E-state index is 0.0962. The van der Waals surface area contributed by atoms with Crippen LogP contribution in [0.15, 0.2) is 28.1 Å². The van der Waals surface area contributed by atoms with Gasteiger partial charge in [-0.25, -0.2) is 0 Å². The second kappa shape index (κ2) is 3.71. The van der Waals surface area contributed by atoms with Crippen molar-refractivity contribution in [3.8, 4) is 10.6 Å². The lowest BCUT2D eigenvalue weighted by atomic mass is 9.66. The Labute approximate surface area is 98.3 Å². The van der Waals surface area contributed by atoms with Crippen molar-refractivity contribution in [2.45, 2.75) is 24.7 Å². The summed E-state index contributed by atoms with van der Waals surface area (Å²) in [5, 5.41) is 6.23. The van der Waals surface area contributed by atoms with Gasteiger partial charge in [0.2, 0.25) is 0 Å². The van der Waals surface area contributed by atoms with Crippen molar-refractivity contribution >= 4 is 11.3 Å². The Kier molecular flexibility index (Phi) is 2.33. The van der Waals surface area contributed by atoms with Crippen LogP contribution in [0.3, 0.4) is 0 Å². The highest BCUT2D eigenvalue weighted by atomic mass is 32.1. The number of hydrogen-bond acceptors (Lipinski definition) is 4. The zero-order valence-corrected chi connectivity index (χ0v) is 9.80. The van der Waals surface area contributed by atoms with Crippen molar-refractivity contribution in [3.05, 3.63) is 29.3 Å². The van der Waals surface area contributed by atoms with Gasteiger partial charge in [0, 0.05) is 18.0 Å². The Hall–Kier alpha value is -1.13. The van der Waals surface area contributed by atoms with E-state index in [0.29, 0.717) is 6.54 Å². The SMILES string of the molecule is NCC1(c2cc(-c3cccs3)on2)CCC1. The van der Waals surface area contributed by atoms with Crippen LogP contribution in [0, 0.1) is 0 Å². The summed E-state index contributed by atoms with van der Waals surface area (Å²) >= 11 is 1.67. The number of aromatic nitrogens is 1. The summed E-state index contributed by atoms with van der Waals surface area (Å²) in [5.41, 5.74) is 6.98. The van der Waals surface area contributed by atoms with Crippen molar-refractivity contribution in [2.24, 2.45) is 5.73 Å². The van der Waals surface area contributed by atoms with Crippen LogP contribution in [0.1, 0.15) is 25.0 Å². The molecular weight excluding hydrogens is 220 g/mol. The molecule has 84 valence electrons. The largest absolute Gasteiger partial charge is 0.355 e. The second-order valence-corrected chi connectivity index (χ2v) is 5.34. The molecule has 0 aliphatic heterocycles. The van der Waals surface area contributed by atoms with Crippen molar-refractivity contribution in [3.63, 3.8) is 0 Å². The summed E-state index contributed by atoms with van der Waals surface area (Å²) in [4.78, 5) is 1.13. The first-order chi connectivity index (χ1) is 7.84. The maximum Gasteiger partial charge on any atom is 0.177 e. The van der Waals surface area contributed by atoms with E-state index in [-0.39, 0.29) is 5.41 Å². The number of nitrogens with two attached hydrogens (primary N) is 1.